The Balaban J connectivity index is 0.000000678. The fraction of sp³-hybridized carbons (Fsp3) is 0.273. The van der Waals surface area contributed by atoms with Crippen LogP contribution in [-0.4, -0.2) is 84.4 Å². The summed E-state index contributed by atoms with van der Waals surface area (Å²) in [5, 5.41) is 17.4. The van der Waals surface area contributed by atoms with Gasteiger partial charge in [-0.25, -0.2) is 18.0 Å². The molecule has 0 bridgehead atoms. The average molecular weight is 586 g/mol. The highest BCUT2D eigenvalue weighted by molar-refractivity contribution is 9.10. The maximum atomic E-state index is 12.8. The number of carboxylic acids is 2. The van der Waals surface area contributed by atoms with Crippen LogP contribution in [0.25, 0.3) is 0 Å². The van der Waals surface area contributed by atoms with Gasteiger partial charge < -0.3 is 25.2 Å². The Labute approximate surface area is 215 Å². The predicted molar refractivity (Wildman–Crippen MR) is 131 cm³/mol. The molecule has 12 nitrogen and oxygen atoms in total. The molecule has 194 valence electrons. The van der Waals surface area contributed by atoms with Crippen molar-refractivity contribution in [1.82, 2.24) is 9.21 Å². The second-order valence-corrected chi connectivity index (χ2v) is 10.2. The summed E-state index contributed by atoms with van der Waals surface area (Å²) in [6.45, 7) is 2.30. The molecule has 1 fully saturated rings. The number of piperazine rings is 1. The molecule has 2 amide bonds. The Bertz CT molecular complexity index is 1180. The van der Waals surface area contributed by atoms with Crippen LogP contribution in [0.5, 0.6) is 5.75 Å². The fourth-order valence-corrected chi connectivity index (χ4v) is 4.69. The van der Waals surface area contributed by atoms with Crippen molar-refractivity contribution >= 4 is 55.4 Å². The molecule has 1 saturated heterocycles. The first kappa shape index (κ1) is 28.7. The van der Waals surface area contributed by atoms with Gasteiger partial charge in [-0.1, -0.05) is 15.9 Å². The zero-order chi connectivity index (χ0) is 26.9. The highest BCUT2D eigenvalue weighted by atomic mass is 79.9. The van der Waals surface area contributed by atoms with Crippen LogP contribution in [0.3, 0.4) is 0 Å². The summed E-state index contributed by atoms with van der Waals surface area (Å²) in [5.74, 6) is -3.47. The number of nitrogens with one attached hydrogen (secondary N) is 1. The zero-order valence-corrected chi connectivity index (χ0v) is 21.5. The topological polar surface area (TPSA) is 171 Å². The van der Waals surface area contributed by atoms with E-state index in [0.29, 0.717) is 24.5 Å². The van der Waals surface area contributed by atoms with E-state index in [4.69, 9.17) is 24.5 Å². The van der Waals surface area contributed by atoms with E-state index in [-0.39, 0.29) is 36.4 Å². The van der Waals surface area contributed by atoms with Crippen LogP contribution in [0.2, 0.25) is 0 Å². The van der Waals surface area contributed by atoms with E-state index in [0.717, 1.165) is 4.47 Å². The number of benzene rings is 2. The monoisotopic (exact) mass is 585 g/mol. The molecule has 0 aliphatic carbocycles. The molecule has 3 rings (SSSR count). The summed E-state index contributed by atoms with van der Waals surface area (Å²) in [7, 11) is -3.67. The van der Waals surface area contributed by atoms with Crippen molar-refractivity contribution in [2.45, 2.75) is 11.8 Å². The zero-order valence-electron chi connectivity index (χ0n) is 19.1. The van der Waals surface area contributed by atoms with Gasteiger partial charge in [0.25, 0.3) is 5.91 Å². The number of nitrogens with zero attached hydrogens (tertiary/aromatic N) is 2. The van der Waals surface area contributed by atoms with Gasteiger partial charge in [0.1, 0.15) is 5.75 Å². The third-order valence-corrected chi connectivity index (χ3v) is 7.20. The van der Waals surface area contributed by atoms with Gasteiger partial charge in [-0.2, -0.15) is 4.31 Å². The van der Waals surface area contributed by atoms with Crippen molar-refractivity contribution in [2.75, 3.05) is 38.1 Å². The minimum Gasteiger partial charge on any atom is -0.484 e. The number of ether oxygens (including phenoxy) is 1. The van der Waals surface area contributed by atoms with Crippen LogP contribution in [-0.2, 0) is 29.2 Å². The number of carbonyl (C=O) groups is 4. The number of carbonyl (C=O) groups excluding carboxylic acids is 2. The summed E-state index contributed by atoms with van der Waals surface area (Å²) >= 11 is 3.34. The van der Waals surface area contributed by atoms with Crippen LogP contribution < -0.4 is 10.1 Å². The van der Waals surface area contributed by atoms with Crippen LogP contribution >= 0.6 is 15.9 Å². The molecule has 0 unspecified atom stereocenters. The second-order valence-electron chi connectivity index (χ2n) is 7.34. The number of aliphatic carboxylic acids is 2. The first-order chi connectivity index (χ1) is 16.9. The van der Waals surface area contributed by atoms with Crippen molar-refractivity contribution in [1.29, 1.82) is 0 Å². The largest absolute Gasteiger partial charge is 0.484 e. The van der Waals surface area contributed by atoms with Crippen molar-refractivity contribution in [3.63, 3.8) is 0 Å². The summed E-state index contributed by atoms with van der Waals surface area (Å²) in [5.41, 5.74) is 0.530. The van der Waals surface area contributed by atoms with E-state index in [1.54, 1.807) is 29.2 Å². The Morgan fingerprint density at radius 2 is 1.44 bits per heavy atom. The third-order valence-electron chi connectivity index (χ3n) is 4.76. The van der Waals surface area contributed by atoms with Crippen LogP contribution in [0.1, 0.15) is 6.92 Å². The Morgan fingerprint density at radius 3 is 1.92 bits per heavy atom. The predicted octanol–water partition coefficient (Wildman–Crippen LogP) is 1.47. The molecule has 0 saturated carbocycles. The smallest absolute Gasteiger partial charge is 0.414 e. The molecule has 0 atom stereocenters. The number of halogens is 1. The van der Waals surface area contributed by atoms with Gasteiger partial charge >= 0.3 is 11.9 Å². The van der Waals surface area contributed by atoms with E-state index in [1.807, 2.05) is 12.1 Å². The highest BCUT2D eigenvalue weighted by Crippen LogP contribution is 2.20. The van der Waals surface area contributed by atoms with Gasteiger partial charge in [0, 0.05) is 43.3 Å². The molecule has 2 aromatic carbocycles. The molecule has 14 heteroatoms. The van der Waals surface area contributed by atoms with Crippen LogP contribution in [0.4, 0.5) is 5.69 Å². The Kier molecular flexibility index (Phi) is 10.4. The molecule has 0 spiro atoms. The standard InChI is InChI=1S/C20H22BrN3O5S.C2H2O4/c1-15(25)22-17-4-8-19(9-5-17)30(27,28)24-12-10-23(11-13-24)20(26)14-29-18-6-2-16(21)3-7-18;3-1(4)2(5)6/h2-9H,10-14H2,1H3,(H,22,25);(H,3,4)(H,5,6). The SMILES string of the molecule is CC(=O)Nc1ccc(S(=O)(=O)N2CCN(C(=O)COc3ccc(Br)cc3)CC2)cc1.O=C(O)C(=O)O. The quantitative estimate of drug-likeness (QED) is 0.424. The summed E-state index contributed by atoms with van der Waals surface area (Å²) in [6.07, 6.45) is 0. The number of carboxylic acid groups (broad SMARTS) is 2. The maximum absolute atomic E-state index is 12.8. The van der Waals surface area contributed by atoms with E-state index in [1.165, 1.54) is 23.4 Å². The number of amides is 2. The van der Waals surface area contributed by atoms with Gasteiger partial charge in [-0.15, -0.1) is 0 Å². The van der Waals surface area contributed by atoms with Crippen LogP contribution in [0, 0.1) is 0 Å². The Morgan fingerprint density at radius 1 is 0.917 bits per heavy atom. The first-order valence-corrected chi connectivity index (χ1v) is 12.6. The summed E-state index contributed by atoms with van der Waals surface area (Å²) < 4.78 is 33.5. The lowest BCUT2D eigenvalue weighted by Crippen LogP contribution is -2.51. The van der Waals surface area contributed by atoms with Gasteiger partial charge in [-0.05, 0) is 48.5 Å². The van der Waals surface area contributed by atoms with E-state index >= 15 is 0 Å². The van der Waals surface area contributed by atoms with Gasteiger partial charge in [0.15, 0.2) is 6.61 Å². The van der Waals surface area contributed by atoms with E-state index in [9.17, 15) is 18.0 Å². The van der Waals surface area contributed by atoms with Gasteiger partial charge in [0.2, 0.25) is 15.9 Å². The normalized spacial score (nSPS) is 13.7. The maximum Gasteiger partial charge on any atom is 0.414 e. The lowest BCUT2D eigenvalue weighted by molar-refractivity contribution is -0.159. The average Bonchev–Trinajstić information content (AvgIpc) is 2.84. The fourth-order valence-electron chi connectivity index (χ4n) is 3.01. The summed E-state index contributed by atoms with van der Waals surface area (Å²) in [6, 6.07) is 13.2. The number of hydrogen-bond acceptors (Lipinski definition) is 7. The van der Waals surface area contributed by atoms with Crippen molar-refractivity contribution in [3.8, 4) is 5.75 Å². The third kappa shape index (κ3) is 8.62. The molecular weight excluding hydrogens is 562 g/mol. The number of hydrogen-bond donors (Lipinski definition) is 3. The molecular formula is C22H24BrN3O9S. The van der Waals surface area contributed by atoms with E-state index in [2.05, 4.69) is 21.2 Å². The van der Waals surface area contributed by atoms with Crippen molar-refractivity contribution in [3.05, 3.63) is 53.0 Å². The van der Waals surface area contributed by atoms with Crippen LogP contribution in [0.15, 0.2) is 57.9 Å². The molecule has 36 heavy (non-hydrogen) atoms. The molecule has 1 heterocycles. The minimum atomic E-state index is -3.67. The summed E-state index contributed by atoms with van der Waals surface area (Å²) in [4.78, 5) is 43.4. The minimum absolute atomic E-state index is 0.0982. The van der Waals surface area contributed by atoms with Crippen molar-refractivity contribution < 1.29 is 42.5 Å². The lowest BCUT2D eigenvalue weighted by atomic mass is 10.3. The molecule has 0 aromatic heterocycles. The van der Waals surface area contributed by atoms with Gasteiger partial charge in [0.05, 0.1) is 4.90 Å². The number of anilines is 1. The Hall–Kier alpha value is -3.49. The first-order valence-electron chi connectivity index (χ1n) is 10.4. The highest BCUT2D eigenvalue weighted by Gasteiger charge is 2.30. The van der Waals surface area contributed by atoms with E-state index < -0.39 is 22.0 Å². The second kappa shape index (κ2) is 13.0. The van der Waals surface area contributed by atoms with Crippen molar-refractivity contribution in [2.24, 2.45) is 0 Å². The lowest BCUT2D eigenvalue weighted by Gasteiger charge is -2.34. The molecule has 1 aliphatic rings. The number of rotatable bonds is 6. The molecule has 2 aromatic rings. The molecule has 0 radical (unpaired) electrons. The van der Waals surface area contributed by atoms with Gasteiger partial charge in [-0.3, -0.25) is 9.59 Å². The number of sulfonamides is 1. The molecule has 3 N–H and O–H groups in total. The molecule has 1 aliphatic heterocycles.